The van der Waals surface area contributed by atoms with E-state index in [1.54, 1.807) is 7.11 Å². The highest BCUT2D eigenvalue weighted by Crippen LogP contribution is 2.48. The molecule has 1 aromatic carbocycles. The maximum atomic E-state index is 5.51. The summed E-state index contributed by atoms with van der Waals surface area (Å²) < 4.78 is 10.9. The summed E-state index contributed by atoms with van der Waals surface area (Å²) in [6.45, 7) is 8.37. The van der Waals surface area contributed by atoms with E-state index in [2.05, 4.69) is 23.6 Å². The molecule has 0 aromatic heterocycles. The Hall–Kier alpha value is -1.02. The minimum atomic E-state index is 0. The number of para-hydroxylation sites is 1. The molecule has 0 saturated heterocycles. The fourth-order valence-corrected chi connectivity index (χ4v) is 2.91. The smallest absolute Gasteiger partial charge is 0.191 e. The van der Waals surface area contributed by atoms with Gasteiger partial charge in [0.15, 0.2) is 5.96 Å². The number of ether oxygens (including phenoxy) is 2. The maximum Gasteiger partial charge on any atom is 0.191 e. The van der Waals surface area contributed by atoms with Crippen LogP contribution >= 0.6 is 24.0 Å². The average Bonchev–Trinajstić information content (AvgIpc) is 3.40. The van der Waals surface area contributed by atoms with E-state index in [1.165, 1.54) is 18.4 Å². The lowest BCUT2D eigenvalue weighted by Gasteiger charge is -2.16. The summed E-state index contributed by atoms with van der Waals surface area (Å²) in [4.78, 5) is 4.81. The van der Waals surface area contributed by atoms with Gasteiger partial charge in [-0.25, -0.2) is 0 Å². The number of halogens is 1. The van der Waals surface area contributed by atoms with Crippen LogP contribution in [0.5, 0.6) is 5.75 Å². The molecule has 0 bridgehead atoms. The highest BCUT2D eigenvalue weighted by atomic mass is 127. The molecule has 1 fully saturated rings. The summed E-state index contributed by atoms with van der Waals surface area (Å²) in [6.07, 6.45) is 4.56. The summed E-state index contributed by atoms with van der Waals surface area (Å²) in [5.74, 6) is 1.85. The van der Waals surface area contributed by atoms with E-state index >= 15 is 0 Å². The van der Waals surface area contributed by atoms with Gasteiger partial charge >= 0.3 is 0 Å². The highest BCUT2D eigenvalue weighted by Gasteiger charge is 2.41. The Morgan fingerprint density at radius 2 is 1.96 bits per heavy atom. The first kappa shape index (κ1) is 23.0. The second kappa shape index (κ2) is 12.4. The summed E-state index contributed by atoms with van der Waals surface area (Å²) in [7, 11) is 1.72. The van der Waals surface area contributed by atoms with Crippen LogP contribution in [0, 0.1) is 5.41 Å². The molecule has 26 heavy (non-hydrogen) atoms. The Kier molecular flexibility index (Phi) is 11.0. The van der Waals surface area contributed by atoms with Crippen molar-refractivity contribution in [3.05, 3.63) is 29.8 Å². The van der Waals surface area contributed by atoms with Gasteiger partial charge < -0.3 is 20.1 Å². The molecule has 1 aliphatic rings. The molecule has 5 nitrogen and oxygen atoms in total. The Morgan fingerprint density at radius 3 is 2.62 bits per heavy atom. The molecule has 148 valence electrons. The van der Waals surface area contributed by atoms with Crippen molar-refractivity contribution in [1.82, 2.24) is 10.6 Å². The summed E-state index contributed by atoms with van der Waals surface area (Å²) in [6, 6.07) is 8.16. The van der Waals surface area contributed by atoms with Crippen LogP contribution in [0.25, 0.3) is 0 Å². The van der Waals surface area contributed by atoms with Crippen LogP contribution in [0.4, 0.5) is 0 Å². The molecule has 1 saturated carbocycles. The number of hydrogen-bond acceptors (Lipinski definition) is 3. The molecule has 0 atom stereocenters. The van der Waals surface area contributed by atoms with Crippen LogP contribution in [-0.4, -0.2) is 45.9 Å². The van der Waals surface area contributed by atoms with Crippen molar-refractivity contribution in [2.24, 2.45) is 10.4 Å². The number of aliphatic imine (C=N–C) groups is 1. The van der Waals surface area contributed by atoms with Gasteiger partial charge in [-0.1, -0.05) is 18.2 Å². The van der Waals surface area contributed by atoms with Crippen LogP contribution in [0.1, 0.15) is 38.7 Å². The van der Waals surface area contributed by atoms with Crippen molar-refractivity contribution in [1.29, 1.82) is 0 Å². The molecular formula is C20H34IN3O2. The molecule has 0 heterocycles. The molecule has 6 heteroatoms. The van der Waals surface area contributed by atoms with E-state index in [9.17, 15) is 0 Å². The fraction of sp³-hybridized carbons (Fsp3) is 0.650. The predicted octanol–water partition coefficient (Wildman–Crippen LogP) is 3.62. The third kappa shape index (κ3) is 7.70. The lowest BCUT2D eigenvalue weighted by Crippen LogP contribution is -2.38. The van der Waals surface area contributed by atoms with Gasteiger partial charge in [-0.15, -0.1) is 24.0 Å². The van der Waals surface area contributed by atoms with Gasteiger partial charge in [-0.3, -0.25) is 4.99 Å². The van der Waals surface area contributed by atoms with Crippen LogP contribution in [0.15, 0.2) is 29.3 Å². The van der Waals surface area contributed by atoms with Crippen LogP contribution in [-0.2, 0) is 11.2 Å². The van der Waals surface area contributed by atoms with Gasteiger partial charge in [0.05, 0.1) is 7.11 Å². The summed E-state index contributed by atoms with van der Waals surface area (Å²) in [5, 5.41) is 6.78. The lowest BCUT2D eigenvalue weighted by atomic mass is 10.0. The van der Waals surface area contributed by atoms with E-state index in [1.807, 2.05) is 25.1 Å². The molecule has 0 radical (unpaired) electrons. The number of nitrogens with zero attached hydrogens (tertiary/aromatic N) is 1. The van der Waals surface area contributed by atoms with Crippen molar-refractivity contribution >= 4 is 29.9 Å². The first-order chi connectivity index (χ1) is 12.2. The largest absolute Gasteiger partial charge is 0.496 e. The van der Waals surface area contributed by atoms with Gasteiger partial charge in [-0.05, 0) is 56.6 Å². The summed E-state index contributed by atoms with van der Waals surface area (Å²) >= 11 is 0. The standard InChI is InChI=1S/C20H33N3O2.HI/c1-4-21-19(23-16-20(11-12-20)13-15-25-5-2)22-14-10-17-8-6-7-9-18(17)24-3;/h6-9H,4-5,10-16H2,1-3H3,(H2,21,22,23);1H. The maximum absolute atomic E-state index is 5.51. The van der Waals surface area contributed by atoms with Crippen molar-refractivity contribution in [3.8, 4) is 5.75 Å². The zero-order chi connectivity index (χ0) is 18.0. The molecule has 0 spiro atoms. The van der Waals surface area contributed by atoms with E-state index in [-0.39, 0.29) is 24.0 Å². The SMILES string of the molecule is CCNC(=NCC1(CCOCC)CC1)NCCc1ccccc1OC.I. The molecule has 2 rings (SSSR count). The zero-order valence-corrected chi connectivity index (χ0v) is 18.7. The van der Waals surface area contributed by atoms with E-state index in [0.717, 1.165) is 57.4 Å². The van der Waals surface area contributed by atoms with Crippen molar-refractivity contribution in [2.45, 2.75) is 39.5 Å². The number of hydrogen-bond donors (Lipinski definition) is 2. The van der Waals surface area contributed by atoms with Crippen LogP contribution in [0.2, 0.25) is 0 Å². The number of nitrogens with one attached hydrogen (secondary N) is 2. The number of rotatable bonds is 11. The third-order valence-electron chi connectivity index (χ3n) is 4.73. The zero-order valence-electron chi connectivity index (χ0n) is 16.3. The summed E-state index contributed by atoms with van der Waals surface area (Å²) in [5.41, 5.74) is 1.59. The number of benzene rings is 1. The molecule has 0 amide bonds. The predicted molar refractivity (Wildman–Crippen MR) is 119 cm³/mol. The Bertz CT molecular complexity index is 548. The molecule has 0 unspecified atom stereocenters. The Balaban J connectivity index is 0.00000338. The average molecular weight is 475 g/mol. The topological polar surface area (TPSA) is 54.9 Å². The van der Waals surface area contributed by atoms with E-state index in [4.69, 9.17) is 14.5 Å². The minimum Gasteiger partial charge on any atom is -0.496 e. The quantitative estimate of drug-likeness (QED) is 0.222. The molecular weight excluding hydrogens is 441 g/mol. The number of guanidine groups is 1. The van der Waals surface area contributed by atoms with Crippen molar-refractivity contribution in [3.63, 3.8) is 0 Å². The molecule has 1 aliphatic carbocycles. The van der Waals surface area contributed by atoms with Gasteiger partial charge in [0.1, 0.15) is 5.75 Å². The second-order valence-electron chi connectivity index (χ2n) is 6.63. The van der Waals surface area contributed by atoms with E-state index in [0.29, 0.717) is 5.41 Å². The fourth-order valence-electron chi connectivity index (χ4n) is 2.91. The van der Waals surface area contributed by atoms with Gasteiger partial charge in [0.25, 0.3) is 0 Å². The Labute approximate surface area is 175 Å². The van der Waals surface area contributed by atoms with Crippen molar-refractivity contribution < 1.29 is 9.47 Å². The highest BCUT2D eigenvalue weighted by molar-refractivity contribution is 14.0. The number of methoxy groups -OCH3 is 1. The first-order valence-corrected chi connectivity index (χ1v) is 9.45. The lowest BCUT2D eigenvalue weighted by molar-refractivity contribution is 0.129. The van der Waals surface area contributed by atoms with Crippen molar-refractivity contribution in [2.75, 3.05) is 40.0 Å². The van der Waals surface area contributed by atoms with Gasteiger partial charge in [0, 0.05) is 32.8 Å². The molecule has 1 aromatic rings. The van der Waals surface area contributed by atoms with E-state index < -0.39 is 0 Å². The minimum absolute atomic E-state index is 0. The normalized spacial score (nSPS) is 15.1. The third-order valence-corrected chi connectivity index (χ3v) is 4.73. The first-order valence-electron chi connectivity index (χ1n) is 9.45. The second-order valence-corrected chi connectivity index (χ2v) is 6.63. The van der Waals surface area contributed by atoms with Crippen LogP contribution < -0.4 is 15.4 Å². The van der Waals surface area contributed by atoms with Gasteiger partial charge in [-0.2, -0.15) is 0 Å². The van der Waals surface area contributed by atoms with Crippen LogP contribution in [0.3, 0.4) is 0 Å². The molecule has 2 N–H and O–H groups in total. The monoisotopic (exact) mass is 475 g/mol. The van der Waals surface area contributed by atoms with Gasteiger partial charge in [0.2, 0.25) is 0 Å². The Morgan fingerprint density at radius 1 is 1.19 bits per heavy atom. The molecule has 0 aliphatic heterocycles.